The van der Waals surface area contributed by atoms with Crippen molar-refractivity contribution in [2.24, 2.45) is 0 Å². The molecule has 0 aromatic heterocycles. The first-order chi connectivity index (χ1) is 13.5. The molecule has 0 aliphatic rings. The summed E-state index contributed by atoms with van der Waals surface area (Å²) in [6.07, 6.45) is 0.994. The lowest BCUT2D eigenvalue weighted by atomic mass is 10.1. The second-order valence-corrected chi connectivity index (χ2v) is 8.99. The molecule has 0 unspecified atom stereocenters. The van der Waals surface area contributed by atoms with E-state index in [4.69, 9.17) is 11.6 Å². The molecule has 2 amide bonds. The van der Waals surface area contributed by atoms with E-state index < -0.39 is 6.04 Å². The van der Waals surface area contributed by atoms with Gasteiger partial charge in [-0.25, -0.2) is 0 Å². The largest absolute Gasteiger partial charge is 0.350 e. The fourth-order valence-corrected chi connectivity index (χ4v) is 3.12. The van der Waals surface area contributed by atoms with E-state index in [2.05, 4.69) is 5.32 Å². The van der Waals surface area contributed by atoms with Gasteiger partial charge in [-0.2, -0.15) is 0 Å². The van der Waals surface area contributed by atoms with Crippen LogP contribution in [0.15, 0.2) is 48.5 Å². The van der Waals surface area contributed by atoms with E-state index in [-0.39, 0.29) is 17.4 Å². The van der Waals surface area contributed by atoms with Gasteiger partial charge in [0.1, 0.15) is 6.04 Å². The van der Waals surface area contributed by atoms with Crippen LogP contribution in [-0.2, 0) is 22.6 Å². The molecule has 0 radical (unpaired) electrons. The average molecular weight is 415 g/mol. The van der Waals surface area contributed by atoms with Gasteiger partial charge in [-0.15, -0.1) is 0 Å². The molecule has 0 aliphatic heterocycles. The third kappa shape index (κ3) is 7.54. The fraction of sp³-hybridized carbons (Fsp3) is 0.417. The highest BCUT2D eigenvalue weighted by molar-refractivity contribution is 6.30. The molecule has 1 N–H and O–H groups in total. The molecule has 0 spiro atoms. The highest BCUT2D eigenvalue weighted by Gasteiger charge is 2.28. The zero-order valence-electron chi connectivity index (χ0n) is 18.0. The topological polar surface area (TPSA) is 49.4 Å². The zero-order chi connectivity index (χ0) is 21.6. The summed E-state index contributed by atoms with van der Waals surface area (Å²) in [5.74, 6) is -0.202. The molecular formula is C24H31ClN2O2. The van der Waals surface area contributed by atoms with Crippen molar-refractivity contribution in [3.8, 4) is 0 Å². The van der Waals surface area contributed by atoms with Crippen LogP contribution in [0.2, 0.25) is 5.02 Å². The molecule has 0 saturated carbocycles. The number of amides is 2. The molecule has 0 bridgehead atoms. The first-order valence-corrected chi connectivity index (χ1v) is 10.3. The van der Waals surface area contributed by atoms with Crippen LogP contribution in [0, 0.1) is 6.92 Å². The van der Waals surface area contributed by atoms with Crippen molar-refractivity contribution in [1.29, 1.82) is 0 Å². The zero-order valence-corrected chi connectivity index (χ0v) is 18.7. The summed E-state index contributed by atoms with van der Waals surface area (Å²) in [7, 11) is 0. The smallest absolute Gasteiger partial charge is 0.242 e. The van der Waals surface area contributed by atoms with Crippen molar-refractivity contribution in [2.45, 2.75) is 65.6 Å². The van der Waals surface area contributed by atoms with Gasteiger partial charge in [-0.1, -0.05) is 53.6 Å². The molecule has 0 aliphatic carbocycles. The molecule has 2 rings (SSSR count). The van der Waals surface area contributed by atoms with Crippen molar-refractivity contribution in [3.63, 3.8) is 0 Å². The van der Waals surface area contributed by atoms with Gasteiger partial charge in [0, 0.05) is 23.5 Å². The third-order valence-corrected chi connectivity index (χ3v) is 4.93. The van der Waals surface area contributed by atoms with Gasteiger partial charge in [-0.05, 0) is 64.3 Å². The van der Waals surface area contributed by atoms with Gasteiger partial charge in [0.15, 0.2) is 0 Å². The number of rotatable bonds is 7. The molecular weight excluding hydrogens is 384 g/mol. The molecule has 156 valence electrons. The fourth-order valence-electron chi connectivity index (χ4n) is 2.99. The van der Waals surface area contributed by atoms with E-state index in [1.807, 2.05) is 64.1 Å². The Hall–Kier alpha value is -2.33. The predicted octanol–water partition coefficient (Wildman–Crippen LogP) is 4.91. The number of hydrogen-bond donors (Lipinski definition) is 1. The molecule has 4 nitrogen and oxygen atoms in total. The van der Waals surface area contributed by atoms with Crippen LogP contribution in [0.4, 0.5) is 0 Å². The second kappa shape index (κ2) is 9.93. The Labute approximate surface area is 179 Å². The van der Waals surface area contributed by atoms with E-state index in [0.717, 1.165) is 11.1 Å². The second-order valence-electron chi connectivity index (χ2n) is 8.55. The Morgan fingerprint density at radius 1 is 1.00 bits per heavy atom. The van der Waals surface area contributed by atoms with E-state index in [0.29, 0.717) is 24.4 Å². The Bertz CT molecular complexity index is 823. The summed E-state index contributed by atoms with van der Waals surface area (Å²) < 4.78 is 0. The average Bonchev–Trinajstić information content (AvgIpc) is 2.65. The predicted molar refractivity (Wildman–Crippen MR) is 119 cm³/mol. The number of carbonyl (C=O) groups is 2. The highest BCUT2D eigenvalue weighted by Crippen LogP contribution is 2.16. The molecule has 0 saturated heterocycles. The molecule has 2 aromatic rings. The molecule has 0 heterocycles. The third-order valence-electron chi connectivity index (χ3n) is 4.68. The minimum absolute atomic E-state index is 0.0444. The van der Waals surface area contributed by atoms with Gasteiger partial charge in [0.05, 0.1) is 0 Å². The molecule has 29 heavy (non-hydrogen) atoms. The Balaban J connectivity index is 2.15. The Morgan fingerprint density at radius 3 is 2.10 bits per heavy atom. The maximum Gasteiger partial charge on any atom is 0.242 e. The van der Waals surface area contributed by atoms with E-state index >= 15 is 0 Å². The van der Waals surface area contributed by atoms with Crippen LogP contribution in [0.5, 0.6) is 0 Å². The summed E-state index contributed by atoms with van der Waals surface area (Å²) >= 11 is 5.98. The first kappa shape index (κ1) is 23.0. The monoisotopic (exact) mass is 414 g/mol. The first-order valence-electron chi connectivity index (χ1n) is 9.96. The molecule has 0 fully saturated rings. The molecule has 1 atom stereocenters. The summed E-state index contributed by atoms with van der Waals surface area (Å²) in [5.41, 5.74) is 2.88. The van der Waals surface area contributed by atoms with Crippen molar-refractivity contribution >= 4 is 23.4 Å². The SMILES string of the molecule is Cc1ccc(CCC(=O)N(Cc2ccc(Cl)cc2)[C@@H](C)C(=O)NC(C)(C)C)cc1. The summed E-state index contributed by atoms with van der Waals surface area (Å²) in [5, 5.41) is 3.62. The van der Waals surface area contributed by atoms with Crippen LogP contribution < -0.4 is 5.32 Å². The lowest BCUT2D eigenvalue weighted by Crippen LogP contribution is -2.52. The summed E-state index contributed by atoms with van der Waals surface area (Å²) in [6, 6.07) is 15.0. The van der Waals surface area contributed by atoms with Crippen molar-refractivity contribution in [1.82, 2.24) is 10.2 Å². The van der Waals surface area contributed by atoms with Crippen molar-refractivity contribution in [2.75, 3.05) is 0 Å². The van der Waals surface area contributed by atoms with E-state index in [1.54, 1.807) is 24.0 Å². The number of hydrogen-bond acceptors (Lipinski definition) is 2. The van der Waals surface area contributed by atoms with Gasteiger partial charge >= 0.3 is 0 Å². The van der Waals surface area contributed by atoms with Crippen molar-refractivity contribution < 1.29 is 9.59 Å². The molecule has 2 aromatic carbocycles. The van der Waals surface area contributed by atoms with Crippen LogP contribution >= 0.6 is 11.6 Å². The maximum absolute atomic E-state index is 13.1. The lowest BCUT2D eigenvalue weighted by molar-refractivity contribution is -0.141. The Morgan fingerprint density at radius 2 is 1.55 bits per heavy atom. The highest BCUT2D eigenvalue weighted by atomic mass is 35.5. The minimum Gasteiger partial charge on any atom is -0.350 e. The number of nitrogens with one attached hydrogen (secondary N) is 1. The van der Waals surface area contributed by atoms with Crippen LogP contribution in [0.25, 0.3) is 0 Å². The molecule has 5 heteroatoms. The lowest BCUT2D eigenvalue weighted by Gasteiger charge is -2.31. The summed E-state index contributed by atoms with van der Waals surface area (Å²) in [4.78, 5) is 27.5. The van der Waals surface area contributed by atoms with Gasteiger partial charge in [-0.3, -0.25) is 9.59 Å². The van der Waals surface area contributed by atoms with Crippen LogP contribution in [0.3, 0.4) is 0 Å². The van der Waals surface area contributed by atoms with E-state index in [1.165, 1.54) is 5.56 Å². The summed E-state index contributed by atoms with van der Waals surface area (Å²) in [6.45, 7) is 9.97. The number of halogens is 1. The van der Waals surface area contributed by atoms with Crippen molar-refractivity contribution in [3.05, 3.63) is 70.2 Å². The Kier molecular flexibility index (Phi) is 7.86. The van der Waals surface area contributed by atoms with Crippen LogP contribution in [0.1, 0.15) is 50.8 Å². The number of aryl methyl sites for hydroxylation is 2. The number of benzene rings is 2. The maximum atomic E-state index is 13.1. The van der Waals surface area contributed by atoms with Gasteiger partial charge < -0.3 is 10.2 Å². The quantitative estimate of drug-likeness (QED) is 0.699. The number of carbonyl (C=O) groups excluding carboxylic acids is 2. The van der Waals surface area contributed by atoms with E-state index in [9.17, 15) is 9.59 Å². The normalized spacial score (nSPS) is 12.3. The minimum atomic E-state index is -0.574. The van der Waals surface area contributed by atoms with Gasteiger partial charge in [0.2, 0.25) is 11.8 Å². The number of nitrogens with zero attached hydrogens (tertiary/aromatic N) is 1. The standard InChI is InChI=1S/C24H31ClN2O2/c1-17-6-8-19(9-7-17)12-15-22(28)27(16-20-10-13-21(25)14-11-20)18(2)23(29)26-24(3,4)5/h6-11,13-14,18H,12,15-16H2,1-5H3,(H,26,29)/t18-/m0/s1. The van der Waals surface area contributed by atoms with Crippen LogP contribution in [-0.4, -0.2) is 28.3 Å². The van der Waals surface area contributed by atoms with Gasteiger partial charge in [0.25, 0.3) is 0 Å².